The number of aromatic amines is 1. The van der Waals surface area contributed by atoms with Gasteiger partial charge in [-0.1, -0.05) is 60.7 Å². The molecule has 4 rings (SSSR count). The zero-order chi connectivity index (χ0) is 17.8. The molecule has 26 heavy (non-hydrogen) atoms. The van der Waals surface area contributed by atoms with Crippen molar-refractivity contribution in [3.05, 3.63) is 84.9 Å². The van der Waals surface area contributed by atoms with Crippen LogP contribution in [0.2, 0.25) is 0 Å². The monoisotopic (exact) mass is 341 g/mol. The number of methoxy groups -OCH3 is 1. The number of aromatic nitrogens is 2. The van der Waals surface area contributed by atoms with Crippen LogP contribution in [-0.4, -0.2) is 17.3 Å². The summed E-state index contributed by atoms with van der Waals surface area (Å²) in [6.45, 7) is 0. The third-order valence-electron chi connectivity index (χ3n) is 4.24. The van der Waals surface area contributed by atoms with E-state index >= 15 is 0 Å². The van der Waals surface area contributed by atoms with E-state index in [2.05, 4.69) is 39.8 Å². The zero-order valence-electron chi connectivity index (χ0n) is 14.4. The molecule has 0 saturated heterocycles. The number of H-pyrrole nitrogens is 1. The highest BCUT2D eigenvalue weighted by Crippen LogP contribution is 2.37. The summed E-state index contributed by atoms with van der Waals surface area (Å²) in [5.41, 5.74) is 5.20. The summed E-state index contributed by atoms with van der Waals surface area (Å²) >= 11 is 0. The molecule has 0 aliphatic rings. The van der Waals surface area contributed by atoms with Crippen molar-refractivity contribution in [1.82, 2.24) is 10.2 Å². The highest BCUT2D eigenvalue weighted by Gasteiger charge is 2.16. The Kier molecular flexibility index (Phi) is 4.39. The van der Waals surface area contributed by atoms with E-state index in [1.54, 1.807) is 7.11 Å². The molecule has 3 aromatic carbocycles. The minimum absolute atomic E-state index is 0.792. The molecule has 4 heteroatoms. The normalized spacial score (nSPS) is 10.5. The van der Waals surface area contributed by atoms with Crippen molar-refractivity contribution in [1.29, 1.82) is 0 Å². The van der Waals surface area contributed by atoms with Gasteiger partial charge in [-0.2, -0.15) is 5.10 Å². The van der Waals surface area contributed by atoms with Crippen LogP contribution >= 0.6 is 0 Å². The van der Waals surface area contributed by atoms with Gasteiger partial charge in [-0.05, 0) is 29.8 Å². The first-order chi connectivity index (χ1) is 12.8. The molecule has 0 bridgehead atoms. The first-order valence-corrected chi connectivity index (χ1v) is 8.45. The fourth-order valence-electron chi connectivity index (χ4n) is 2.94. The fraction of sp³-hybridized carbons (Fsp3) is 0.0455. The summed E-state index contributed by atoms with van der Waals surface area (Å²) in [5.74, 6) is 1.62. The van der Waals surface area contributed by atoms with Crippen molar-refractivity contribution in [3.8, 4) is 28.1 Å². The predicted octanol–water partition coefficient (Wildman–Crippen LogP) is 5.50. The van der Waals surface area contributed by atoms with Crippen molar-refractivity contribution < 1.29 is 4.74 Å². The van der Waals surface area contributed by atoms with Gasteiger partial charge in [-0.15, -0.1) is 0 Å². The van der Waals surface area contributed by atoms with Crippen LogP contribution in [-0.2, 0) is 0 Å². The maximum Gasteiger partial charge on any atom is 0.160 e. The molecule has 1 aromatic heterocycles. The second kappa shape index (κ2) is 7.15. The Bertz CT molecular complexity index is 977. The molecule has 0 saturated carbocycles. The van der Waals surface area contributed by atoms with Gasteiger partial charge in [-0.3, -0.25) is 5.10 Å². The van der Waals surface area contributed by atoms with E-state index in [1.807, 2.05) is 60.7 Å². The van der Waals surface area contributed by atoms with Gasteiger partial charge < -0.3 is 10.1 Å². The van der Waals surface area contributed by atoms with Gasteiger partial charge >= 0.3 is 0 Å². The Morgan fingerprint density at radius 1 is 0.769 bits per heavy atom. The van der Waals surface area contributed by atoms with Gasteiger partial charge in [0.2, 0.25) is 0 Å². The molecule has 0 aliphatic carbocycles. The lowest BCUT2D eigenvalue weighted by Gasteiger charge is -2.09. The molecule has 0 spiro atoms. The van der Waals surface area contributed by atoms with Crippen molar-refractivity contribution in [2.24, 2.45) is 0 Å². The number of hydrogen-bond donors (Lipinski definition) is 2. The van der Waals surface area contributed by atoms with E-state index in [0.717, 1.165) is 39.6 Å². The van der Waals surface area contributed by atoms with Gasteiger partial charge in [0.25, 0.3) is 0 Å². The summed E-state index contributed by atoms with van der Waals surface area (Å²) in [4.78, 5) is 0. The maximum absolute atomic E-state index is 5.22. The minimum atomic E-state index is 0.792. The van der Waals surface area contributed by atoms with Crippen molar-refractivity contribution in [3.63, 3.8) is 0 Å². The SMILES string of the molecule is COc1ccc(Nc2n[nH]c(-c3ccccc3)c2-c2ccccc2)cc1. The Balaban J connectivity index is 1.78. The second-order valence-corrected chi connectivity index (χ2v) is 5.91. The molecule has 128 valence electrons. The average Bonchev–Trinajstić information content (AvgIpc) is 3.13. The fourth-order valence-corrected chi connectivity index (χ4v) is 2.94. The second-order valence-electron chi connectivity index (χ2n) is 5.91. The smallest absolute Gasteiger partial charge is 0.160 e. The molecule has 0 radical (unpaired) electrons. The highest BCUT2D eigenvalue weighted by atomic mass is 16.5. The van der Waals surface area contributed by atoms with Gasteiger partial charge in [0.1, 0.15) is 5.75 Å². The van der Waals surface area contributed by atoms with Crippen LogP contribution in [0.25, 0.3) is 22.4 Å². The van der Waals surface area contributed by atoms with Crippen molar-refractivity contribution >= 4 is 11.5 Å². The summed E-state index contributed by atoms with van der Waals surface area (Å²) in [5, 5.41) is 11.1. The molecule has 0 fully saturated rings. The van der Waals surface area contributed by atoms with Crippen LogP contribution in [0.15, 0.2) is 84.9 Å². The van der Waals surface area contributed by atoms with Crippen LogP contribution in [0.4, 0.5) is 11.5 Å². The summed E-state index contributed by atoms with van der Waals surface area (Å²) in [7, 11) is 1.66. The zero-order valence-corrected chi connectivity index (χ0v) is 14.4. The summed E-state index contributed by atoms with van der Waals surface area (Å²) < 4.78 is 5.22. The molecule has 2 N–H and O–H groups in total. The molecule has 4 nitrogen and oxygen atoms in total. The van der Waals surface area contributed by atoms with E-state index in [4.69, 9.17) is 4.74 Å². The number of nitrogens with one attached hydrogen (secondary N) is 2. The van der Waals surface area contributed by atoms with Crippen LogP contribution < -0.4 is 10.1 Å². The molecular weight excluding hydrogens is 322 g/mol. The quantitative estimate of drug-likeness (QED) is 0.504. The Morgan fingerprint density at radius 2 is 1.38 bits per heavy atom. The van der Waals surface area contributed by atoms with Gasteiger partial charge in [0.05, 0.1) is 18.4 Å². The average molecular weight is 341 g/mol. The van der Waals surface area contributed by atoms with Gasteiger partial charge in [-0.25, -0.2) is 0 Å². The summed E-state index contributed by atoms with van der Waals surface area (Å²) in [6, 6.07) is 28.3. The number of hydrogen-bond acceptors (Lipinski definition) is 3. The largest absolute Gasteiger partial charge is 0.497 e. The van der Waals surface area contributed by atoms with Crippen LogP contribution in [0.1, 0.15) is 0 Å². The third kappa shape index (κ3) is 3.17. The van der Waals surface area contributed by atoms with E-state index in [-0.39, 0.29) is 0 Å². The van der Waals surface area contributed by atoms with Gasteiger partial charge in [0, 0.05) is 11.3 Å². The van der Waals surface area contributed by atoms with E-state index < -0.39 is 0 Å². The molecule has 0 amide bonds. The van der Waals surface area contributed by atoms with Crippen LogP contribution in [0.3, 0.4) is 0 Å². The van der Waals surface area contributed by atoms with Crippen LogP contribution in [0, 0.1) is 0 Å². The molecule has 0 aliphatic heterocycles. The maximum atomic E-state index is 5.22. The van der Waals surface area contributed by atoms with E-state index in [9.17, 15) is 0 Å². The Hall–Kier alpha value is -3.53. The Morgan fingerprint density at radius 3 is 2.00 bits per heavy atom. The lowest BCUT2D eigenvalue weighted by atomic mass is 10.0. The number of benzene rings is 3. The van der Waals surface area contributed by atoms with Crippen molar-refractivity contribution in [2.75, 3.05) is 12.4 Å². The minimum Gasteiger partial charge on any atom is -0.497 e. The van der Waals surface area contributed by atoms with Gasteiger partial charge in [0.15, 0.2) is 5.82 Å². The topological polar surface area (TPSA) is 49.9 Å². The molecule has 0 atom stereocenters. The lowest BCUT2D eigenvalue weighted by Crippen LogP contribution is -1.93. The first kappa shape index (κ1) is 16.0. The third-order valence-corrected chi connectivity index (χ3v) is 4.24. The van der Waals surface area contributed by atoms with E-state index in [0.29, 0.717) is 0 Å². The number of anilines is 2. The van der Waals surface area contributed by atoms with Crippen LogP contribution in [0.5, 0.6) is 5.75 Å². The summed E-state index contributed by atoms with van der Waals surface area (Å²) in [6.07, 6.45) is 0. The number of ether oxygens (including phenoxy) is 1. The molecule has 0 unspecified atom stereocenters. The molecular formula is C22H19N3O. The lowest BCUT2D eigenvalue weighted by molar-refractivity contribution is 0.415. The first-order valence-electron chi connectivity index (χ1n) is 8.45. The number of nitrogens with zero attached hydrogens (tertiary/aromatic N) is 1. The Labute approximate surface area is 152 Å². The molecule has 1 heterocycles. The standard InChI is InChI=1S/C22H19N3O/c1-26-19-14-12-18(13-15-19)23-22-20(16-8-4-2-5-9-16)21(24-25-22)17-10-6-3-7-11-17/h2-15H,1H3,(H2,23,24,25). The highest BCUT2D eigenvalue weighted by molar-refractivity contribution is 5.90. The predicted molar refractivity (Wildman–Crippen MR) is 106 cm³/mol. The van der Waals surface area contributed by atoms with E-state index in [1.165, 1.54) is 0 Å². The molecule has 4 aromatic rings. The number of rotatable bonds is 5. The van der Waals surface area contributed by atoms with Crippen molar-refractivity contribution in [2.45, 2.75) is 0 Å².